The number of methoxy groups -OCH3 is 1. The Balaban J connectivity index is 1.54. The Morgan fingerprint density at radius 3 is 2.29 bits per heavy atom. The molecule has 2 aliphatic carbocycles. The van der Waals surface area contributed by atoms with E-state index < -0.39 is 12.1 Å². The molecule has 45 heavy (non-hydrogen) atoms. The van der Waals surface area contributed by atoms with Crippen molar-refractivity contribution < 1.29 is 33.0 Å². The Bertz CT molecular complexity index is 1800. The van der Waals surface area contributed by atoms with Gasteiger partial charge >= 0.3 is 5.97 Å². The van der Waals surface area contributed by atoms with Crippen molar-refractivity contribution in [1.82, 2.24) is 4.58 Å². The lowest BCUT2D eigenvalue weighted by molar-refractivity contribution is -0.157. The number of esters is 1. The Labute approximate surface area is 262 Å². The molecular weight excluding hydrogens is 574 g/mol. The van der Waals surface area contributed by atoms with Crippen molar-refractivity contribution in [1.29, 1.82) is 0 Å². The zero-order valence-corrected chi connectivity index (χ0v) is 26.9. The Morgan fingerprint density at radius 2 is 1.64 bits per heavy atom. The number of carbonyl (C=O) groups excluding carboxylic acids is 3. The van der Waals surface area contributed by atoms with Gasteiger partial charge in [-0.25, -0.2) is 4.58 Å². The fraction of sp³-hybridized carbons (Fsp3) is 0.371. The molecule has 3 aliphatic rings. The van der Waals surface area contributed by atoms with Crippen LogP contribution in [0.1, 0.15) is 25.7 Å². The summed E-state index contributed by atoms with van der Waals surface area (Å²) in [5.74, 6) is 0.755. The molecule has 236 valence electrons. The first kappa shape index (κ1) is 31.6. The van der Waals surface area contributed by atoms with Crippen LogP contribution in [0, 0.1) is 0 Å². The van der Waals surface area contributed by atoms with Gasteiger partial charge < -0.3 is 28.4 Å². The number of anilines is 2. The number of fused-ring (bicyclic) bond motifs is 2. The van der Waals surface area contributed by atoms with Crippen LogP contribution < -0.4 is 29.2 Å². The number of Topliss-reactive ketones (excluding diaryl/α,β-unsaturated/α-hetero) is 2. The summed E-state index contributed by atoms with van der Waals surface area (Å²) in [5, 5.41) is 1.94. The Morgan fingerprint density at radius 1 is 0.911 bits per heavy atom. The zero-order chi connectivity index (χ0) is 32.4. The standard InChI is InChI=1S/C35H40N3O7/c1-36(2)21-10-12-23-30(17-21)44-31-18-22(37(3)4)11-13-24(31)34(23)25-19-32(26(38(5)6)20-29(25)42-7)43-16-8-9-33(41)45-35-27(39)14-15-28(35)40/h10-13,17-20,35H,8-9,14-16H2,1-7H3/q+1. The largest absolute Gasteiger partial charge is 0.496 e. The molecule has 2 aromatic rings. The van der Waals surface area contributed by atoms with Gasteiger partial charge in [0.2, 0.25) is 11.5 Å². The first-order valence-corrected chi connectivity index (χ1v) is 14.9. The van der Waals surface area contributed by atoms with Gasteiger partial charge in [-0.3, -0.25) is 14.4 Å². The highest BCUT2D eigenvalue weighted by Gasteiger charge is 2.36. The van der Waals surface area contributed by atoms with Crippen molar-refractivity contribution in [2.45, 2.75) is 31.8 Å². The van der Waals surface area contributed by atoms with Gasteiger partial charge in [0, 0.05) is 93.4 Å². The molecule has 0 spiro atoms. The van der Waals surface area contributed by atoms with Crippen molar-refractivity contribution in [2.75, 3.05) is 65.8 Å². The van der Waals surface area contributed by atoms with Crippen LogP contribution in [-0.4, -0.2) is 79.6 Å². The van der Waals surface area contributed by atoms with Crippen LogP contribution in [0.15, 0.2) is 52.9 Å². The van der Waals surface area contributed by atoms with E-state index in [2.05, 4.69) is 24.3 Å². The summed E-state index contributed by atoms with van der Waals surface area (Å²) in [6.45, 7) is 0.221. The second kappa shape index (κ2) is 13.0. The topological polar surface area (TPSA) is 102 Å². The third kappa shape index (κ3) is 6.50. The van der Waals surface area contributed by atoms with Crippen LogP contribution in [0.2, 0.25) is 0 Å². The summed E-state index contributed by atoms with van der Waals surface area (Å²) in [5.41, 5.74) is 5.25. The maximum Gasteiger partial charge on any atom is 0.307 e. The molecule has 0 radical (unpaired) electrons. The number of ketones is 2. The second-order valence-corrected chi connectivity index (χ2v) is 11.8. The van der Waals surface area contributed by atoms with Gasteiger partial charge in [0.15, 0.2) is 11.6 Å². The minimum atomic E-state index is -1.26. The molecule has 1 aliphatic heterocycles. The highest BCUT2D eigenvalue weighted by Crippen LogP contribution is 2.47. The second-order valence-electron chi connectivity index (χ2n) is 11.8. The van der Waals surface area contributed by atoms with Gasteiger partial charge in [-0.1, -0.05) is 0 Å². The molecule has 0 N–H and O–H groups in total. The Kier molecular flexibility index (Phi) is 9.13. The van der Waals surface area contributed by atoms with Gasteiger partial charge in [-0.2, -0.15) is 0 Å². The van der Waals surface area contributed by atoms with Gasteiger partial charge in [-0.15, -0.1) is 0 Å². The lowest BCUT2D eigenvalue weighted by Crippen LogP contribution is -2.28. The predicted octanol–water partition coefficient (Wildman–Crippen LogP) is 4.38. The van der Waals surface area contributed by atoms with E-state index in [4.69, 9.17) is 18.6 Å². The Hall–Kier alpha value is -4.86. The number of nitrogens with zero attached hydrogens (tertiary/aromatic N) is 3. The van der Waals surface area contributed by atoms with Crippen molar-refractivity contribution in [3.63, 3.8) is 0 Å². The van der Waals surface area contributed by atoms with Crippen molar-refractivity contribution in [3.8, 4) is 33.9 Å². The average Bonchev–Trinajstić information content (AvgIpc) is 3.32. The van der Waals surface area contributed by atoms with E-state index in [-0.39, 0.29) is 37.4 Å². The molecule has 1 heterocycles. The molecule has 0 bridgehead atoms. The third-order valence-corrected chi connectivity index (χ3v) is 7.99. The highest BCUT2D eigenvalue weighted by molar-refractivity contribution is 6.12. The van der Waals surface area contributed by atoms with Crippen molar-refractivity contribution in [3.05, 3.63) is 53.9 Å². The minimum absolute atomic E-state index is 0.0231. The summed E-state index contributed by atoms with van der Waals surface area (Å²) < 4.78 is 25.9. The summed E-state index contributed by atoms with van der Waals surface area (Å²) in [7, 11) is 13.5. The van der Waals surface area contributed by atoms with E-state index in [0.29, 0.717) is 17.9 Å². The van der Waals surface area contributed by atoms with Crippen molar-refractivity contribution in [2.24, 2.45) is 0 Å². The molecule has 5 rings (SSSR count). The molecule has 1 saturated carbocycles. The van der Waals surface area contributed by atoms with Crippen LogP contribution in [0.5, 0.6) is 11.5 Å². The molecule has 0 saturated heterocycles. The summed E-state index contributed by atoms with van der Waals surface area (Å²) in [6, 6.07) is 16.2. The van der Waals surface area contributed by atoms with Crippen LogP contribution >= 0.6 is 0 Å². The maximum absolute atomic E-state index is 12.4. The smallest absolute Gasteiger partial charge is 0.307 e. The molecule has 0 unspecified atom stereocenters. The fourth-order valence-corrected chi connectivity index (χ4v) is 5.50. The molecule has 10 nitrogen and oxygen atoms in total. The molecule has 2 aromatic carbocycles. The molecule has 0 aromatic heterocycles. The monoisotopic (exact) mass is 614 g/mol. The van der Waals surface area contributed by atoms with Gasteiger partial charge in [0.25, 0.3) is 0 Å². The van der Waals surface area contributed by atoms with E-state index in [1.807, 2.05) is 80.9 Å². The lowest BCUT2D eigenvalue weighted by Gasteiger charge is -2.23. The van der Waals surface area contributed by atoms with Crippen LogP contribution in [0.25, 0.3) is 33.4 Å². The summed E-state index contributed by atoms with van der Waals surface area (Å²) in [4.78, 5) is 40.0. The van der Waals surface area contributed by atoms with E-state index in [1.165, 1.54) is 0 Å². The van der Waals surface area contributed by atoms with Gasteiger partial charge in [0.1, 0.15) is 36.9 Å². The van der Waals surface area contributed by atoms with E-state index in [0.717, 1.165) is 50.2 Å². The first-order valence-electron chi connectivity index (χ1n) is 14.9. The van der Waals surface area contributed by atoms with Gasteiger partial charge in [0.05, 0.1) is 25.5 Å². The number of rotatable bonds is 10. The number of hydrogen-bond donors (Lipinski definition) is 0. The molecule has 10 heteroatoms. The van der Waals surface area contributed by atoms with E-state index >= 15 is 0 Å². The number of benzene rings is 3. The molecule has 0 amide bonds. The minimum Gasteiger partial charge on any atom is -0.496 e. The van der Waals surface area contributed by atoms with Crippen LogP contribution in [-0.2, 0) is 19.1 Å². The lowest BCUT2D eigenvalue weighted by atomic mass is 9.92. The summed E-state index contributed by atoms with van der Waals surface area (Å²) >= 11 is 0. The molecule has 1 fully saturated rings. The first-order chi connectivity index (χ1) is 21.5. The number of carbonyl (C=O) groups is 3. The van der Waals surface area contributed by atoms with Crippen molar-refractivity contribution >= 4 is 39.9 Å². The number of ether oxygens (including phenoxy) is 3. The normalized spacial score (nSPS) is 13.4. The van der Waals surface area contributed by atoms with Crippen LogP contribution in [0.4, 0.5) is 11.4 Å². The summed E-state index contributed by atoms with van der Waals surface area (Å²) in [6.07, 6.45) is -0.636. The van der Waals surface area contributed by atoms with E-state index in [1.54, 1.807) is 7.11 Å². The van der Waals surface area contributed by atoms with Gasteiger partial charge in [-0.05, 0) is 30.7 Å². The molecule has 0 atom stereocenters. The average molecular weight is 615 g/mol. The SMILES string of the molecule is COc1cc(N(C)C)c(OCCCC(=O)OC2C(=O)CCC2=O)cc1-c1c2ccc(=[N+](C)C)cc-2oc2cc(N(C)C)ccc12. The maximum atomic E-state index is 12.4. The third-order valence-electron chi connectivity index (χ3n) is 7.99. The van der Waals surface area contributed by atoms with E-state index in [9.17, 15) is 14.4 Å². The molecular formula is C35H40N3O7+. The quantitative estimate of drug-likeness (QED) is 0.0847. The number of hydrogen-bond acceptors (Lipinski definition) is 9. The van der Waals surface area contributed by atoms with Crippen LogP contribution in [0.3, 0.4) is 0 Å². The predicted molar refractivity (Wildman–Crippen MR) is 174 cm³/mol. The zero-order valence-electron chi connectivity index (χ0n) is 26.9. The fourth-order valence-electron chi connectivity index (χ4n) is 5.50. The highest BCUT2D eigenvalue weighted by atomic mass is 16.6.